The number of terminal acetylenes is 1. The molecule has 0 radical (unpaired) electrons. The van der Waals surface area contributed by atoms with Gasteiger partial charge in [-0.05, 0) is 12.8 Å². The van der Waals surface area contributed by atoms with E-state index in [4.69, 9.17) is 25.9 Å². The van der Waals surface area contributed by atoms with Crippen LogP contribution in [0.2, 0.25) is 0 Å². The number of carbonyl (C=O) groups is 3. The molecule has 1 aliphatic rings. The van der Waals surface area contributed by atoms with E-state index < -0.39 is 84.6 Å². The van der Waals surface area contributed by atoms with Crippen molar-refractivity contribution >= 4 is 69.1 Å². The topological polar surface area (TPSA) is 364 Å². The lowest BCUT2D eigenvalue weighted by Crippen LogP contribution is -2.46. The molecule has 0 aromatic carbocycles. The number of unbranched alkanes of at least 4 members (excludes halogenated alkanes) is 11. The van der Waals surface area contributed by atoms with Crippen LogP contribution in [-0.4, -0.2) is 123 Å². The molecule has 0 bridgehead atoms. The normalized spacial score (nSPS) is 20.2. The number of fused-ring (bicyclic) bond motifs is 1. The van der Waals surface area contributed by atoms with E-state index in [1.807, 2.05) is 0 Å². The van der Waals surface area contributed by atoms with Gasteiger partial charge in [-0.3, -0.25) is 32.5 Å². The van der Waals surface area contributed by atoms with Gasteiger partial charge in [-0.25, -0.2) is 28.6 Å². The number of nitrogens with one attached hydrogen (secondary N) is 2. The van der Waals surface area contributed by atoms with E-state index in [1.165, 1.54) is 52.4 Å². The summed E-state index contributed by atoms with van der Waals surface area (Å²) in [6.45, 7) is 0.553. The van der Waals surface area contributed by atoms with Crippen LogP contribution in [0, 0.1) is 17.8 Å². The summed E-state index contributed by atoms with van der Waals surface area (Å²) in [6, 6.07) is 0. The van der Waals surface area contributed by atoms with Gasteiger partial charge >= 0.3 is 23.5 Å². The molecule has 10 N–H and O–H groups in total. The first kappa shape index (κ1) is 56.4. The molecule has 3 rings (SSSR count). The Labute approximate surface area is 381 Å². The monoisotopic (exact) mass is 1000 g/mol. The lowest BCUT2D eigenvalue weighted by molar-refractivity contribution is -0.137. The number of aliphatic hydroxyl groups is 2. The molecule has 0 spiro atoms. The molecule has 1 fully saturated rings. The first-order valence-electron chi connectivity index (χ1n) is 21.0. The number of rotatable bonds is 32. The number of phosphoric ester groups is 3. The van der Waals surface area contributed by atoms with Crippen molar-refractivity contribution in [2.75, 3.05) is 37.8 Å². The number of amides is 2. The third-order valence-electron chi connectivity index (χ3n) is 9.97. The second-order valence-corrected chi connectivity index (χ2v) is 21.3. The van der Waals surface area contributed by atoms with Gasteiger partial charge in [-0.1, -0.05) is 83.4 Å². The molecule has 0 aliphatic carbocycles. The van der Waals surface area contributed by atoms with Crippen molar-refractivity contribution in [2.24, 2.45) is 5.41 Å². The number of hydrogen-bond donors (Lipinski definition) is 9. The van der Waals surface area contributed by atoms with Gasteiger partial charge in [0, 0.05) is 43.5 Å². The third-order valence-corrected chi connectivity index (χ3v) is 14.0. The summed E-state index contributed by atoms with van der Waals surface area (Å²) in [6.07, 6.45) is 12.3. The van der Waals surface area contributed by atoms with Gasteiger partial charge < -0.3 is 50.9 Å². The zero-order valence-electron chi connectivity index (χ0n) is 36.3. The highest BCUT2D eigenvalue weighted by molar-refractivity contribution is 8.13. The number of anilines is 1. The van der Waals surface area contributed by atoms with Crippen molar-refractivity contribution in [3.63, 3.8) is 0 Å². The van der Waals surface area contributed by atoms with Gasteiger partial charge in [0.2, 0.25) is 11.8 Å². The average Bonchev–Trinajstić information content (AvgIpc) is 3.79. The van der Waals surface area contributed by atoms with E-state index in [2.05, 4.69) is 40.3 Å². The first-order valence-corrected chi connectivity index (χ1v) is 26.5. The molecule has 2 amide bonds. The molecule has 24 nitrogen and oxygen atoms in total. The van der Waals surface area contributed by atoms with Crippen LogP contribution in [0.25, 0.3) is 11.2 Å². The summed E-state index contributed by atoms with van der Waals surface area (Å²) in [4.78, 5) is 88.2. The highest BCUT2D eigenvalue weighted by Crippen LogP contribution is 2.61. The van der Waals surface area contributed by atoms with Gasteiger partial charge in [-0.15, -0.1) is 12.3 Å². The van der Waals surface area contributed by atoms with Crippen LogP contribution in [0.4, 0.5) is 5.82 Å². The molecule has 368 valence electrons. The summed E-state index contributed by atoms with van der Waals surface area (Å²) in [7, 11) is -16.4. The molecule has 3 heterocycles. The fourth-order valence-electron chi connectivity index (χ4n) is 6.45. The number of carbonyl (C=O) groups excluding carboxylic acids is 3. The number of thioether (sulfide) groups is 1. The molecular weight excluding hydrogens is 939 g/mol. The van der Waals surface area contributed by atoms with E-state index in [1.54, 1.807) is 0 Å². The average molecular weight is 1000 g/mol. The van der Waals surface area contributed by atoms with Crippen LogP contribution in [0.3, 0.4) is 0 Å². The summed E-state index contributed by atoms with van der Waals surface area (Å²) < 4.78 is 62.4. The molecule has 2 unspecified atom stereocenters. The van der Waals surface area contributed by atoms with Crippen molar-refractivity contribution in [3.8, 4) is 12.3 Å². The smallest absolute Gasteiger partial charge is 0.386 e. The van der Waals surface area contributed by atoms with Gasteiger partial charge in [-0.2, -0.15) is 4.31 Å². The molecule has 7 atom stereocenters. The highest BCUT2D eigenvalue weighted by atomic mass is 32.2. The van der Waals surface area contributed by atoms with Crippen LogP contribution < -0.4 is 16.4 Å². The number of imidazole rings is 1. The van der Waals surface area contributed by atoms with Crippen LogP contribution in [0.5, 0.6) is 0 Å². The van der Waals surface area contributed by atoms with Crippen molar-refractivity contribution in [1.29, 1.82) is 0 Å². The van der Waals surface area contributed by atoms with Crippen molar-refractivity contribution in [3.05, 3.63) is 12.7 Å². The summed E-state index contributed by atoms with van der Waals surface area (Å²) in [5, 5.41) is 26.6. The number of phosphoric acid groups is 3. The standard InChI is InChI=1S/C37H62N7O17P3S/c1-4-5-6-7-8-9-10-11-12-13-14-15-16-17-28(46)65-21-20-39-27(45)18-19-40-35(49)32(48)37(2,3)23-58-64(55,56)61-63(53,54)57-22-26-31(60-62(50,51)52)30(47)36(59-26)44-25-43-29-33(38)41-24-42-34(29)44/h1,24-26,30-32,36,47-48H,5-23H2,2-3H3,(H,39,45)(H,40,49)(H,53,54)(H,55,56)(H2,38,41,42)(H2,50,51,52)/t26-,30+,31-,32+,36-/m1/s1. The molecule has 0 saturated carbocycles. The van der Waals surface area contributed by atoms with Gasteiger partial charge in [0.15, 0.2) is 22.8 Å². The van der Waals surface area contributed by atoms with Crippen LogP contribution in [0.1, 0.15) is 110 Å². The summed E-state index contributed by atoms with van der Waals surface area (Å²) >= 11 is 1.14. The molecular formula is C37H62N7O17P3S. The number of nitrogen functional groups attached to an aromatic ring is 1. The van der Waals surface area contributed by atoms with Gasteiger partial charge in [0.1, 0.15) is 36.3 Å². The second-order valence-electron chi connectivity index (χ2n) is 15.9. The fourth-order valence-corrected chi connectivity index (χ4v) is 10.0. The third kappa shape index (κ3) is 20.5. The summed E-state index contributed by atoms with van der Waals surface area (Å²) in [5.74, 6) is 1.62. The molecule has 65 heavy (non-hydrogen) atoms. The number of aliphatic hydroxyl groups excluding tert-OH is 2. The Morgan fingerprint density at radius 1 is 0.923 bits per heavy atom. The molecule has 2 aromatic rings. The number of ether oxygens (including phenoxy) is 1. The quantitative estimate of drug-likeness (QED) is 0.0288. The van der Waals surface area contributed by atoms with Gasteiger partial charge in [0.05, 0.1) is 19.5 Å². The van der Waals surface area contributed by atoms with E-state index in [-0.39, 0.29) is 41.6 Å². The summed E-state index contributed by atoms with van der Waals surface area (Å²) in [5.41, 5.74) is 4.28. The number of nitrogens with two attached hydrogens (primary N) is 1. The maximum atomic E-state index is 12.7. The van der Waals surface area contributed by atoms with Crippen molar-refractivity contribution in [2.45, 2.75) is 134 Å². The predicted molar refractivity (Wildman–Crippen MR) is 236 cm³/mol. The molecule has 1 aliphatic heterocycles. The van der Waals surface area contributed by atoms with Crippen molar-refractivity contribution in [1.82, 2.24) is 30.2 Å². The van der Waals surface area contributed by atoms with Crippen LogP contribution >= 0.6 is 35.2 Å². The number of aromatic nitrogens is 4. The Kier molecular flexibility index (Phi) is 23.6. The van der Waals surface area contributed by atoms with E-state index in [9.17, 15) is 57.9 Å². The molecule has 1 saturated heterocycles. The SMILES string of the molecule is C#CCCCCCCCCCCCCCC(=O)SCCNC(=O)CCNC(=O)[C@H](O)C(C)(C)COP(=O)(O)OP(=O)(O)OC[C@H]1O[C@@H](n2cnc3c(N)ncnc32)[C@@H](O)[C@@H]1OP(=O)(O)O. The molecule has 28 heteroatoms. The Hall–Kier alpha value is -2.88. The van der Waals surface area contributed by atoms with Gasteiger partial charge in [0.25, 0.3) is 0 Å². The zero-order chi connectivity index (χ0) is 48.3. The maximum absolute atomic E-state index is 12.7. The number of hydrogen-bond acceptors (Lipinski definition) is 18. The minimum absolute atomic E-state index is 0.0318. The van der Waals surface area contributed by atoms with E-state index in [0.717, 1.165) is 67.5 Å². The highest BCUT2D eigenvalue weighted by Gasteiger charge is 2.50. The number of nitrogens with zero attached hydrogens (tertiary/aromatic N) is 4. The lowest BCUT2D eigenvalue weighted by Gasteiger charge is -2.30. The fraction of sp³-hybridized carbons (Fsp3) is 0.730. The first-order chi connectivity index (χ1) is 30.6. The van der Waals surface area contributed by atoms with Crippen molar-refractivity contribution < 1.29 is 80.5 Å². The predicted octanol–water partition coefficient (Wildman–Crippen LogP) is 3.37. The lowest BCUT2D eigenvalue weighted by atomic mass is 9.87. The Morgan fingerprint density at radius 2 is 1.54 bits per heavy atom. The van der Waals surface area contributed by atoms with E-state index in [0.29, 0.717) is 12.2 Å². The molecule has 2 aromatic heterocycles. The Bertz CT molecular complexity index is 2040. The zero-order valence-corrected chi connectivity index (χ0v) is 39.8. The van der Waals surface area contributed by atoms with E-state index >= 15 is 0 Å². The second kappa shape index (κ2) is 27.2. The largest absolute Gasteiger partial charge is 0.481 e. The minimum Gasteiger partial charge on any atom is -0.386 e. The Balaban J connectivity index is 1.32. The minimum atomic E-state index is -5.58. The van der Waals surface area contributed by atoms with Crippen LogP contribution in [0.15, 0.2) is 12.7 Å². The Morgan fingerprint density at radius 3 is 2.17 bits per heavy atom. The van der Waals surface area contributed by atoms with Crippen LogP contribution in [-0.2, 0) is 50.7 Å². The maximum Gasteiger partial charge on any atom is 0.481 e.